The van der Waals surface area contributed by atoms with E-state index in [0.717, 1.165) is 11.3 Å². The van der Waals surface area contributed by atoms with E-state index >= 15 is 0 Å². The lowest BCUT2D eigenvalue weighted by Gasteiger charge is -2.00. The minimum atomic E-state index is -0.341. The summed E-state index contributed by atoms with van der Waals surface area (Å²) >= 11 is 3.33. The van der Waals surface area contributed by atoms with E-state index in [2.05, 4.69) is 21.2 Å². The Balaban J connectivity index is 2.33. The maximum absolute atomic E-state index is 12.5. The van der Waals surface area contributed by atoms with Gasteiger partial charge in [0.1, 0.15) is 5.75 Å². The molecule has 0 fully saturated rings. The molecule has 2 rings (SSSR count). The molecule has 0 heterocycles. The predicted molar refractivity (Wildman–Crippen MR) is 101 cm³/mol. The monoisotopic (exact) mass is 387 g/mol. The Morgan fingerprint density at radius 3 is 2.54 bits per heavy atom. The van der Waals surface area contributed by atoms with E-state index in [1.54, 1.807) is 31.4 Å². The van der Waals surface area contributed by atoms with E-state index in [4.69, 9.17) is 4.74 Å². The third kappa shape index (κ3) is 4.55. The van der Waals surface area contributed by atoms with Crippen molar-refractivity contribution in [3.8, 4) is 5.75 Å². The van der Waals surface area contributed by atoms with Gasteiger partial charge in [0.25, 0.3) is 0 Å². The molecule has 5 heteroatoms. The van der Waals surface area contributed by atoms with Gasteiger partial charge in [0.2, 0.25) is 5.43 Å². The molecule has 0 saturated carbocycles. The summed E-state index contributed by atoms with van der Waals surface area (Å²) in [5, 5.41) is 2.98. The number of nitrogens with one attached hydrogen (secondary N) is 1. The van der Waals surface area contributed by atoms with Crippen LogP contribution in [0.2, 0.25) is 0 Å². The fourth-order valence-electron chi connectivity index (χ4n) is 2.12. The Hall–Kier alpha value is -2.40. The number of carbonyl (C=O) groups is 1. The van der Waals surface area contributed by atoms with Crippen molar-refractivity contribution in [2.75, 3.05) is 19.0 Å². The molecule has 0 aromatic heterocycles. The molecule has 0 aliphatic rings. The third-order valence-corrected chi connectivity index (χ3v) is 3.85. The van der Waals surface area contributed by atoms with Crippen LogP contribution in [0.1, 0.15) is 22.8 Å². The van der Waals surface area contributed by atoms with E-state index < -0.39 is 0 Å². The molecule has 2 aromatic rings. The van der Waals surface area contributed by atoms with Crippen LogP contribution in [0.15, 0.2) is 57.8 Å². The second-order valence-electron chi connectivity index (χ2n) is 5.02. The maximum Gasteiger partial charge on any atom is 0.212 e. The molecule has 1 N–H and O–H groups in total. The van der Waals surface area contributed by atoms with Gasteiger partial charge in [-0.25, -0.2) is 0 Å². The van der Waals surface area contributed by atoms with Crippen molar-refractivity contribution >= 4 is 33.5 Å². The van der Waals surface area contributed by atoms with E-state index in [1.165, 1.54) is 6.08 Å². The molecular formula is C19H18BrNO3. The number of carbonyl (C=O) groups excluding carboxylic acids is 1. The Kier molecular flexibility index (Phi) is 6.32. The zero-order valence-electron chi connectivity index (χ0n) is 13.5. The second-order valence-corrected chi connectivity index (χ2v) is 5.94. The smallest absolute Gasteiger partial charge is 0.212 e. The summed E-state index contributed by atoms with van der Waals surface area (Å²) < 4.78 is 5.77. The largest absolute Gasteiger partial charge is 0.497 e. The number of rotatable bonds is 6. The molecule has 0 aliphatic carbocycles. The van der Waals surface area contributed by atoms with Crippen LogP contribution in [0.5, 0.6) is 5.75 Å². The highest BCUT2D eigenvalue weighted by Gasteiger charge is 2.10. The number of ether oxygens (including phenoxy) is 1. The van der Waals surface area contributed by atoms with Crippen LogP contribution >= 0.6 is 15.9 Å². The topological polar surface area (TPSA) is 55.4 Å². The fourth-order valence-corrected chi connectivity index (χ4v) is 2.49. The first kappa shape index (κ1) is 17.9. The van der Waals surface area contributed by atoms with E-state index in [1.807, 2.05) is 31.2 Å². The molecule has 4 nitrogen and oxygen atoms in total. The number of benzene rings is 1. The summed E-state index contributed by atoms with van der Waals surface area (Å²) in [6, 6.07) is 12.3. The molecule has 2 aromatic carbocycles. The molecule has 0 amide bonds. The standard InChI is InChI=1S/C19H18BrNO3/c1-3-21-17-10-7-14(20)12-16(19(17)23)18(22)11-6-13-4-8-15(24-2)9-5-13/h4-12H,3H2,1-2H3,(H,21,23)/b11-6+. The molecule has 0 saturated heterocycles. The normalized spacial score (nSPS) is 10.6. The van der Waals surface area contributed by atoms with Crippen molar-refractivity contribution in [3.63, 3.8) is 0 Å². The van der Waals surface area contributed by atoms with E-state index in [0.29, 0.717) is 16.7 Å². The van der Waals surface area contributed by atoms with Gasteiger partial charge in [0.15, 0.2) is 5.78 Å². The van der Waals surface area contributed by atoms with Gasteiger partial charge >= 0.3 is 0 Å². The number of ketones is 1. The van der Waals surface area contributed by atoms with Crippen molar-refractivity contribution in [1.29, 1.82) is 0 Å². The lowest BCUT2D eigenvalue weighted by molar-refractivity contribution is 0.104. The Morgan fingerprint density at radius 1 is 1.21 bits per heavy atom. The highest BCUT2D eigenvalue weighted by molar-refractivity contribution is 9.10. The van der Waals surface area contributed by atoms with Gasteiger partial charge in [-0.3, -0.25) is 9.59 Å². The summed E-state index contributed by atoms with van der Waals surface area (Å²) in [4.78, 5) is 24.9. The van der Waals surface area contributed by atoms with E-state index in [-0.39, 0.29) is 16.8 Å². The molecule has 0 radical (unpaired) electrons. The Bertz CT molecular complexity index is 814. The Labute approximate surface area is 149 Å². The van der Waals surface area contributed by atoms with Crippen LogP contribution in [-0.4, -0.2) is 19.4 Å². The summed E-state index contributed by atoms with van der Waals surface area (Å²) in [5.74, 6) is 0.404. The van der Waals surface area contributed by atoms with Gasteiger partial charge in [0.05, 0.1) is 18.4 Å². The number of allylic oxidation sites excluding steroid dienone is 1. The van der Waals surface area contributed by atoms with Crippen molar-refractivity contribution in [3.05, 3.63) is 74.4 Å². The summed E-state index contributed by atoms with van der Waals surface area (Å²) in [6.07, 6.45) is 3.08. The third-order valence-electron chi connectivity index (χ3n) is 3.36. The number of anilines is 1. The second kappa shape index (κ2) is 8.45. The van der Waals surface area contributed by atoms with Gasteiger partial charge in [-0.1, -0.05) is 34.1 Å². The lowest BCUT2D eigenvalue weighted by Crippen LogP contribution is -2.15. The molecule has 0 spiro atoms. The molecular weight excluding hydrogens is 370 g/mol. The molecule has 24 heavy (non-hydrogen) atoms. The average Bonchev–Trinajstić information content (AvgIpc) is 2.74. The minimum Gasteiger partial charge on any atom is -0.497 e. The number of methoxy groups -OCH3 is 1. The molecule has 0 aliphatic heterocycles. The molecule has 0 unspecified atom stereocenters. The summed E-state index contributed by atoms with van der Waals surface area (Å²) in [6.45, 7) is 2.50. The van der Waals surface area contributed by atoms with E-state index in [9.17, 15) is 9.59 Å². The molecule has 0 bridgehead atoms. The first-order valence-electron chi connectivity index (χ1n) is 7.49. The number of halogens is 1. The average molecular weight is 388 g/mol. The Morgan fingerprint density at radius 2 is 1.92 bits per heavy atom. The first-order valence-corrected chi connectivity index (χ1v) is 8.28. The highest BCUT2D eigenvalue weighted by Crippen LogP contribution is 2.14. The van der Waals surface area contributed by atoms with Crippen LogP contribution in [0, 0.1) is 0 Å². The van der Waals surface area contributed by atoms with Crippen LogP contribution in [-0.2, 0) is 0 Å². The van der Waals surface area contributed by atoms with Gasteiger partial charge in [-0.2, -0.15) is 0 Å². The van der Waals surface area contributed by atoms with Gasteiger partial charge in [-0.05, 0) is 48.9 Å². The highest BCUT2D eigenvalue weighted by atomic mass is 79.9. The predicted octanol–water partition coefficient (Wildman–Crippen LogP) is 4.15. The molecule has 0 atom stereocenters. The van der Waals surface area contributed by atoms with Gasteiger partial charge in [0, 0.05) is 11.0 Å². The van der Waals surface area contributed by atoms with Crippen molar-refractivity contribution < 1.29 is 9.53 Å². The van der Waals surface area contributed by atoms with Crippen LogP contribution in [0.4, 0.5) is 5.69 Å². The lowest BCUT2D eigenvalue weighted by atomic mass is 10.1. The number of hydrogen-bond donors (Lipinski definition) is 1. The van der Waals surface area contributed by atoms with Crippen molar-refractivity contribution in [2.45, 2.75) is 6.92 Å². The minimum absolute atomic E-state index is 0.118. The van der Waals surface area contributed by atoms with Crippen LogP contribution < -0.4 is 15.5 Å². The van der Waals surface area contributed by atoms with Gasteiger partial charge < -0.3 is 10.1 Å². The van der Waals surface area contributed by atoms with Crippen molar-refractivity contribution in [2.24, 2.45) is 0 Å². The molecule has 124 valence electrons. The number of hydrogen-bond acceptors (Lipinski definition) is 4. The first-order chi connectivity index (χ1) is 11.5. The fraction of sp³-hybridized carbons (Fsp3) is 0.158. The maximum atomic E-state index is 12.5. The van der Waals surface area contributed by atoms with Gasteiger partial charge in [-0.15, -0.1) is 0 Å². The van der Waals surface area contributed by atoms with Crippen molar-refractivity contribution in [1.82, 2.24) is 0 Å². The van der Waals surface area contributed by atoms with Crippen LogP contribution in [0.3, 0.4) is 0 Å². The SMILES string of the molecule is CCNc1ccc(Br)cc(C(=O)/C=C/c2ccc(OC)cc2)c1=O. The quantitative estimate of drug-likeness (QED) is 0.597. The zero-order chi connectivity index (χ0) is 17.5. The van der Waals surface area contributed by atoms with Crippen LogP contribution in [0.25, 0.3) is 6.08 Å². The summed E-state index contributed by atoms with van der Waals surface area (Å²) in [7, 11) is 1.60. The zero-order valence-corrected chi connectivity index (χ0v) is 15.1. The summed E-state index contributed by atoms with van der Waals surface area (Å²) in [5.41, 5.74) is 1.06.